The van der Waals surface area contributed by atoms with Gasteiger partial charge in [-0.05, 0) is 22.4 Å². The van der Waals surface area contributed by atoms with E-state index in [1.54, 1.807) is 0 Å². The normalized spacial score (nSPS) is 12.5. The zero-order valence-corrected chi connectivity index (χ0v) is 9.32. The van der Waals surface area contributed by atoms with E-state index in [1.165, 1.54) is 14.1 Å². The maximum absolute atomic E-state index is 13.2. The molecule has 1 aromatic heterocycles. The van der Waals surface area contributed by atoms with Crippen LogP contribution in [0.15, 0.2) is 21.7 Å². The molecule has 0 aliphatic carbocycles. The summed E-state index contributed by atoms with van der Waals surface area (Å²) in [6, 6.07) is 2.15. The maximum Gasteiger partial charge on any atom is 0.244 e. The Balaban J connectivity index is 2.81. The van der Waals surface area contributed by atoms with Crippen molar-refractivity contribution >= 4 is 21.1 Å². The number of hydrogen-bond donors (Lipinski definition) is 0. The lowest BCUT2D eigenvalue weighted by Crippen LogP contribution is -2.22. The van der Waals surface area contributed by atoms with Gasteiger partial charge in [-0.15, -0.1) is 0 Å². The lowest BCUT2D eigenvalue weighted by Gasteiger charge is -2.10. The largest absolute Gasteiger partial charge is 0.244 e. The Bertz CT molecular complexity index is 635. The Morgan fingerprint density at radius 3 is 2.50 bits per heavy atom. The molecular formula is C8H8FN3O3S. The fraction of sp³-hybridized carbons (Fsp3) is 0.250. The average Bonchev–Trinajstić information content (AvgIpc) is 2.66. The van der Waals surface area contributed by atoms with Crippen LogP contribution in [-0.4, -0.2) is 37.1 Å². The predicted molar refractivity (Wildman–Crippen MR) is 52.6 cm³/mol. The van der Waals surface area contributed by atoms with Gasteiger partial charge in [0.2, 0.25) is 10.0 Å². The van der Waals surface area contributed by atoms with Gasteiger partial charge in [0.05, 0.1) is 0 Å². The van der Waals surface area contributed by atoms with Crippen LogP contribution in [0.4, 0.5) is 4.39 Å². The van der Waals surface area contributed by atoms with E-state index >= 15 is 0 Å². The van der Waals surface area contributed by atoms with Crippen LogP contribution in [0, 0.1) is 5.82 Å². The summed E-state index contributed by atoms with van der Waals surface area (Å²) >= 11 is 0. The minimum atomic E-state index is -3.69. The van der Waals surface area contributed by atoms with Gasteiger partial charge in [-0.2, -0.15) is 0 Å². The van der Waals surface area contributed by atoms with E-state index in [2.05, 4.69) is 14.9 Å². The molecule has 0 fully saturated rings. The minimum Gasteiger partial charge on any atom is -0.243 e. The molecule has 1 aromatic carbocycles. The molecule has 0 bridgehead atoms. The topological polar surface area (TPSA) is 76.3 Å². The summed E-state index contributed by atoms with van der Waals surface area (Å²) in [6.07, 6.45) is 0. The van der Waals surface area contributed by atoms with Crippen molar-refractivity contribution in [2.45, 2.75) is 4.90 Å². The van der Waals surface area contributed by atoms with Crippen molar-refractivity contribution in [1.29, 1.82) is 0 Å². The quantitative estimate of drug-likeness (QED) is 0.774. The molecule has 0 atom stereocenters. The number of nitrogens with zero attached hydrogens (tertiary/aromatic N) is 3. The third kappa shape index (κ3) is 1.46. The highest BCUT2D eigenvalue weighted by Crippen LogP contribution is 2.23. The van der Waals surface area contributed by atoms with Crippen molar-refractivity contribution in [1.82, 2.24) is 14.6 Å². The predicted octanol–water partition coefficient (Wildman–Crippen LogP) is 0.612. The third-order valence-corrected chi connectivity index (χ3v) is 3.93. The number of sulfonamides is 1. The fourth-order valence-electron chi connectivity index (χ4n) is 1.22. The molecule has 0 saturated heterocycles. The maximum atomic E-state index is 13.2. The molecule has 0 unspecified atom stereocenters. The first-order valence-electron chi connectivity index (χ1n) is 4.28. The van der Waals surface area contributed by atoms with Gasteiger partial charge in [-0.25, -0.2) is 21.7 Å². The van der Waals surface area contributed by atoms with Gasteiger partial charge in [0.15, 0.2) is 16.9 Å². The molecule has 16 heavy (non-hydrogen) atoms. The van der Waals surface area contributed by atoms with E-state index in [0.29, 0.717) is 0 Å². The summed E-state index contributed by atoms with van der Waals surface area (Å²) in [5.41, 5.74) is -0.295. The lowest BCUT2D eigenvalue weighted by atomic mass is 10.3. The number of fused-ring (bicyclic) bond motifs is 1. The smallest absolute Gasteiger partial charge is 0.243 e. The van der Waals surface area contributed by atoms with Crippen LogP contribution in [0.1, 0.15) is 0 Å². The van der Waals surface area contributed by atoms with Gasteiger partial charge in [0, 0.05) is 14.1 Å². The molecule has 86 valence electrons. The van der Waals surface area contributed by atoms with E-state index < -0.39 is 15.8 Å². The molecular weight excluding hydrogens is 237 g/mol. The number of aromatic nitrogens is 2. The Hall–Kier alpha value is -1.54. The number of hydrogen-bond acceptors (Lipinski definition) is 5. The number of halogens is 1. The zero-order chi connectivity index (χ0) is 11.9. The molecule has 0 N–H and O–H groups in total. The van der Waals surface area contributed by atoms with Crippen LogP contribution in [0.2, 0.25) is 0 Å². The third-order valence-electron chi connectivity index (χ3n) is 2.09. The fourth-order valence-corrected chi connectivity index (χ4v) is 2.23. The SMILES string of the molecule is CN(C)S(=O)(=O)c1ccc(F)c2nonc12. The van der Waals surface area contributed by atoms with Gasteiger partial charge in [0.25, 0.3) is 0 Å². The minimum absolute atomic E-state index is 0.103. The Labute approximate surface area is 90.7 Å². The van der Waals surface area contributed by atoms with E-state index in [9.17, 15) is 12.8 Å². The highest BCUT2D eigenvalue weighted by Gasteiger charge is 2.24. The van der Waals surface area contributed by atoms with Crippen LogP contribution in [0.5, 0.6) is 0 Å². The monoisotopic (exact) mass is 245 g/mol. The van der Waals surface area contributed by atoms with E-state index in [4.69, 9.17) is 0 Å². The van der Waals surface area contributed by atoms with E-state index in [-0.39, 0.29) is 15.9 Å². The summed E-state index contributed by atoms with van der Waals surface area (Å²) < 4.78 is 42.3. The van der Waals surface area contributed by atoms with Crippen molar-refractivity contribution in [3.8, 4) is 0 Å². The van der Waals surface area contributed by atoms with Crippen LogP contribution < -0.4 is 0 Å². The van der Waals surface area contributed by atoms with Crippen LogP contribution in [0.3, 0.4) is 0 Å². The second kappa shape index (κ2) is 3.49. The Morgan fingerprint density at radius 1 is 1.25 bits per heavy atom. The first-order valence-corrected chi connectivity index (χ1v) is 5.72. The van der Waals surface area contributed by atoms with Crippen LogP contribution >= 0.6 is 0 Å². The van der Waals surface area contributed by atoms with Gasteiger partial charge in [0.1, 0.15) is 4.90 Å². The van der Waals surface area contributed by atoms with Gasteiger partial charge < -0.3 is 0 Å². The Kier molecular flexibility index (Phi) is 2.39. The lowest BCUT2D eigenvalue weighted by molar-refractivity contribution is 0.314. The van der Waals surface area contributed by atoms with Crippen LogP contribution in [-0.2, 0) is 10.0 Å². The summed E-state index contributed by atoms with van der Waals surface area (Å²) in [7, 11) is -0.940. The van der Waals surface area contributed by atoms with Crippen molar-refractivity contribution in [2.24, 2.45) is 0 Å². The van der Waals surface area contributed by atoms with Gasteiger partial charge in [-0.1, -0.05) is 0 Å². The van der Waals surface area contributed by atoms with Crippen molar-refractivity contribution < 1.29 is 17.4 Å². The summed E-state index contributed by atoms with van der Waals surface area (Å²) in [6.45, 7) is 0. The second-order valence-corrected chi connectivity index (χ2v) is 5.41. The molecule has 6 nitrogen and oxygen atoms in total. The Morgan fingerprint density at radius 2 is 1.88 bits per heavy atom. The highest BCUT2D eigenvalue weighted by atomic mass is 32.2. The molecule has 2 aromatic rings. The molecule has 0 saturated carbocycles. The molecule has 0 aliphatic heterocycles. The van der Waals surface area contributed by atoms with E-state index in [0.717, 1.165) is 16.4 Å². The first kappa shape index (κ1) is 11.0. The zero-order valence-electron chi connectivity index (χ0n) is 8.51. The highest BCUT2D eigenvalue weighted by molar-refractivity contribution is 7.89. The van der Waals surface area contributed by atoms with Crippen molar-refractivity contribution in [3.05, 3.63) is 17.9 Å². The molecule has 1 heterocycles. The van der Waals surface area contributed by atoms with Crippen molar-refractivity contribution in [2.75, 3.05) is 14.1 Å². The van der Waals surface area contributed by atoms with Crippen LogP contribution in [0.25, 0.3) is 11.0 Å². The summed E-state index contributed by atoms with van der Waals surface area (Å²) in [4.78, 5) is -0.129. The average molecular weight is 245 g/mol. The number of benzene rings is 1. The molecule has 0 amide bonds. The molecule has 2 rings (SSSR count). The molecule has 0 aliphatic rings. The second-order valence-electron chi connectivity index (χ2n) is 3.29. The number of rotatable bonds is 2. The molecule has 0 radical (unpaired) electrons. The summed E-state index contributed by atoms with van der Waals surface area (Å²) in [5, 5.41) is 6.70. The van der Waals surface area contributed by atoms with Gasteiger partial charge in [-0.3, -0.25) is 0 Å². The first-order chi connectivity index (χ1) is 7.44. The standard InChI is InChI=1S/C8H8FN3O3S/c1-12(2)16(13,14)6-4-3-5(9)7-8(6)11-15-10-7/h3-4H,1-2H3. The van der Waals surface area contributed by atoms with Gasteiger partial charge >= 0.3 is 0 Å². The molecule has 0 spiro atoms. The molecule has 8 heteroatoms. The summed E-state index contributed by atoms with van der Waals surface area (Å²) in [5.74, 6) is -0.672. The van der Waals surface area contributed by atoms with Crippen molar-refractivity contribution in [3.63, 3.8) is 0 Å². The van der Waals surface area contributed by atoms with E-state index in [1.807, 2.05) is 0 Å².